The van der Waals surface area contributed by atoms with Gasteiger partial charge in [-0.25, -0.2) is 4.98 Å². The van der Waals surface area contributed by atoms with Crippen molar-refractivity contribution in [3.63, 3.8) is 0 Å². The van der Waals surface area contributed by atoms with Crippen molar-refractivity contribution in [2.45, 2.75) is 6.54 Å². The Morgan fingerprint density at radius 3 is 2.79 bits per heavy atom. The molecule has 0 fully saturated rings. The van der Waals surface area contributed by atoms with E-state index in [9.17, 15) is 0 Å². The van der Waals surface area contributed by atoms with E-state index in [1.165, 1.54) is 0 Å². The summed E-state index contributed by atoms with van der Waals surface area (Å²) < 4.78 is 4.11. The first-order valence-electron chi connectivity index (χ1n) is 4.13. The lowest BCUT2D eigenvalue weighted by molar-refractivity contribution is 0.851. The monoisotopic (exact) mass is 314 g/mol. The van der Waals surface area contributed by atoms with Crippen LogP contribution < -0.4 is 0 Å². The molecule has 1 aromatic heterocycles. The Morgan fingerprint density at radius 1 is 1.36 bits per heavy atom. The molecule has 0 saturated heterocycles. The first-order chi connectivity index (χ1) is 6.72. The van der Waals surface area contributed by atoms with Crippen LogP contribution in [0.15, 0.2) is 40.1 Å². The Labute approximate surface area is 98.9 Å². The first-order valence-corrected chi connectivity index (χ1v) is 5.71. The van der Waals surface area contributed by atoms with Crippen molar-refractivity contribution in [1.82, 2.24) is 9.55 Å². The molecule has 0 aliphatic rings. The average molecular weight is 316 g/mol. The predicted molar refractivity (Wildman–Crippen MR) is 65.3 cm³/mol. The molecule has 0 atom stereocenters. The van der Waals surface area contributed by atoms with Gasteiger partial charge in [0, 0.05) is 15.5 Å². The van der Waals surface area contributed by atoms with Gasteiger partial charge in [0.05, 0.1) is 17.4 Å². The first kappa shape index (κ1) is 9.93. The molecule has 0 bridgehead atoms. The fourth-order valence-corrected chi connectivity index (χ4v) is 2.00. The Balaban J connectivity index is 2.67. The molecule has 4 heteroatoms. The van der Waals surface area contributed by atoms with Gasteiger partial charge in [-0.1, -0.05) is 6.08 Å². The van der Waals surface area contributed by atoms with E-state index in [2.05, 4.69) is 54.1 Å². The Bertz CT molecular complexity index is 488. The highest BCUT2D eigenvalue weighted by molar-refractivity contribution is 9.13. The molecule has 0 unspecified atom stereocenters. The molecule has 1 heterocycles. The third-order valence-corrected chi connectivity index (χ3v) is 3.83. The van der Waals surface area contributed by atoms with Crippen molar-refractivity contribution < 1.29 is 0 Å². The molecule has 0 spiro atoms. The van der Waals surface area contributed by atoms with E-state index in [0.29, 0.717) is 0 Å². The molecule has 0 aliphatic heterocycles. The fraction of sp³-hybridized carbons (Fsp3) is 0.100. The standard InChI is InChI=1S/C10H8Br2N2/c1-2-3-14-6-13-9-4-7(11)8(12)5-10(9)14/h2,4-6H,1,3H2. The normalized spacial score (nSPS) is 10.7. The van der Waals surface area contributed by atoms with Crippen molar-refractivity contribution >= 4 is 42.9 Å². The van der Waals surface area contributed by atoms with E-state index in [0.717, 1.165) is 26.5 Å². The number of allylic oxidation sites excluding steroid dienone is 1. The highest BCUT2D eigenvalue weighted by Crippen LogP contribution is 2.27. The minimum absolute atomic E-state index is 0.782. The smallest absolute Gasteiger partial charge is 0.0961 e. The largest absolute Gasteiger partial charge is 0.327 e. The number of nitrogens with zero attached hydrogens (tertiary/aromatic N) is 2. The van der Waals surface area contributed by atoms with Crippen LogP contribution in [0.5, 0.6) is 0 Å². The topological polar surface area (TPSA) is 17.8 Å². The molecule has 2 aromatic rings. The zero-order valence-electron chi connectivity index (χ0n) is 7.37. The summed E-state index contributed by atoms with van der Waals surface area (Å²) in [5.41, 5.74) is 2.10. The van der Waals surface area contributed by atoms with Crippen LogP contribution in [-0.4, -0.2) is 9.55 Å². The van der Waals surface area contributed by atoms with Gasteiger partial charge in [-0.3, -0.25) is 0 Å². The Morgan fingerprint density at radius 2 is 2.07 bits per heavy atom. The van der Waals surface area contributed by atoms with Crippen LogP contribution in [-0.2, 0) is 6.54 Å². The molecule has 14 heavy (non-hydrogen) atoms. The average Bonchev–Trinajstić information content (AvgIpc) is 2.51. The van der Waals surface area contributed by atoms with Crippen LogP contribution in [0.2, 0.25) is 0 Å². The summed E-state index contributed by atoms with van der Waals surface area (Å²) in [6, 6.07) is 4.05. The lowest BCUT2D eigenvalue weighted by atomic mass is 10.3. The van der Waals surface area contributed by atoms with E-state index in [-0.39, 0.29) is 0 Å². The summed E-state index contributed by atoms with van der Waals surface area (Å²) in [6.45, 7) is 4.50. The van der Waals surface area contributed by atoms with Gasteiger partial charge in [-0.15, -0.1) is 6.58 Å². The van der Waals surface area contributed by atoms with Crippen LogP contribution in [0, 0.1) is 0 Å². The predicted octanol–water partition coefficient (Wildman–Crippen LogP) is 3.75. The van der Waals surface area contributed by atoms with E-state index in [1.807, 2.05) is 18.5 Å². The van der Waals surface area contributed by atoms with Gasteiger partial charge in [-0.2, -0.15) is 0 Å². The van der Waals surface area contributed by atoms with Gasteiger partial charge >= 0.3 is 0 Å². The molecule has 0 saturated carbocycles. The number of hydrogen-bond donors (Lipinski definition) is 0. The van der Waals surface area contributed by atoms with Crippen molar-refractivity contribution in [2.24, 2.45) is 0 Å². The highest BCUT2D eigenvalue weighted by atomic mass is 79.9. The second kappa shape index (κ2) is 3.87. The number of benzene rings is 1. The van der Waals surface area contributed by atoms with Crippen LogP contribution >= 0.6 is 31.9 Å². The quantitative estimate of drug-likeness (QED) is 0.772. The van der Waals surface area contributed by atoms with Gasteiger partial charge in [-0.05, 0) is 44.0 Å². The summed E-state index contributed by atoms with van der Waals surface area (Å²) in [6.07, 6.45) is 3.68. The summed E-state index contributed by atoms with van der Waals surface area (Å²) in [4.78, 5) is 4.30. The number of aromatic nitrogens is 2. The molecule has 0 aliphatic carbocycles. The molecular formula is C10H8Br2N2. The molecule has 0 radical (unpaired) electrons. The lowest BCUT2D eigenvalue weighted by Gasteiger charge is -2.00. The third-order valence-electron chi connectivity index (χ3n) is 1.99. The SMILES string of the molecule is C=CCn1cnc2cc(Br)c(Br)cc21. The van der Waals surface area contributed by atoms with E-state index >= 15 is 0 Å². The third kappa shape index (κ3) is 1.64. The summed E-state index contributed by atoms with van der Waals surface area (Å²) in [7, 11) is 0. The minimum atomic E-state index is 0.782. The maximum atomic E-state index is 4.30. The van der Waals surface area contributed by atoms with E-state index < -0.39 is 0 Å². The number of hydrogen-bond acceptors (Lipinski definition) is 1. The van der Waals surface area contributed by atoms with Crippen LogP contribution in [0.25, 0.3) is 11.0 Å². The van der Waals surface area contributed by atoms with Crippen LogP contribution in [0.3, 0.4) is 0 Å². The minimum Gasteiger partial charge on any atom is -0.327 e. The number of imidazole rings is 1. The molecular weight excluding hydrogens is 308 g/mol. The lowest BCUT2D eigenvalue weighted by Crippen LogP contribution is -1.91. The molecule has 1 aromatic carbocycles. The van der Waals surface area contributed by atoms with Crippen molar-refractivity contribution in [2.75, 3.05) is 0 Å². The molecule has 0 amide bonds. The van der Waals surface area contributed by atoms with Gasteiger partial charge in [0.15, 0.2) is 0 Å². The van der Waals surface area contributed by atoms with E-state index in [4.69, 9.17) is 0 Å². The number of rotatable bonds is 2. The summed E-state index contributed by atoms with van der Waals surface area (Å²) in [5.74, 6) is 0. The second-order valence-corrected chi connectivity index (χ2v) is 4.65. The zero-order chi connectivity index (χ0) is 10.1. The zero-order valence-corrected chi connectivity index (χ0v) is 10.5. The van der Waals surface area contributed by atoms with E-state index in [1.54, 1.807) is 0 Å². The van der Waals surface area contributed by atoms with Crippen molar-refractivity contribution in [3.05, 3.63) is 40.1 Å². The molecule has 72 valence electrons. The Hall–Kier alpha value is -0.610. The number of fused-ring (bicyclic) bond motifs is 1. The second-order valence-electron chi connectivity index (χ2n) is 2.94. The molecule has 0 N–H and O–H groups in total. The summed E-state index contributed by atoms with van der Waals surface area (Å²) >= 11 is 6.92. The fourth-order valence-electron chi connectivity index (χ4n) is 1.34. The van der Waals surface area contributed by atoms with Gasteiger partial charge in [0.2, 0.25) is 0 Å². The van der Waals surface area contributed by atoms with Gasteiger partial charge in [0.1, 0.15) is 0 Å². The maximum absolute atomic E-state index is 4.30. The highest BCUT2D eigenvalue weighted by Gasteiger charge is 2.04. The number of halogens is 2. The van der Waals surface area contributed by atoms with Crippen molar-refractivity contribution in [1.29, 1.82) is 0 Å². The van der Waals surface area contributed by atoms with Gasteiger partial charge in [0.25, 0.3) is 0 Å². The van der Waals surface area contributed by atoms with Crippen molar-refractivity contribution in [3.8, 4) is 0 Å². The van der Waals surface area contributed by atoms with Crippen LogP contribution in [0.4, 0.5) is 0 Å². The van der Waals surface area contributed by atoms with Crippen LogP contribution in [0.1, 0.15) is 0 Å². The summed E-state index contributed by atoms with van der Waals surface area (Å²) in [5, 5.41) is 0. The van der Waals surface area contributed by atoms with Gasteiger partial charge < -0.3 is 4.57 Å². The molecule has 2 rings (SSSR count). The Kier molecular flexibility index (Phi) is 2.74. The maximum Gasteiger partial charge on any atom is 0.0961 e. The molecule has 2 nitrogen and oxygen atoms in total.